The fourth-order valence-corrected chi connectivity index (χ4v) is 2.58. The van der Waals surface area contributed by atoms with Crippen molar-refractivity contribution >= 4 is 29.8 Å². The van der Waals surface area contributed by atoms with Crippen LogP contribution >= 0.6 is 12.4 Å². The number of aryl methyl sites for hydroxylation is 1. The van der Waals surface area contributed by atoms with Crippen molar-refractivity contribution in [3.8, 4) is 0 Å². The van der Waals surface area contributed by atoms with E-state index in [-0.39, 0.29) is 23.5 Å². The monoisotopic (exact) mass is 368 g/mol. The molecule has 0 bridgehead atoms. The molecule has 1 aliphatic rings. The Kier molecular flexibility index (Phi) is 6.27. The van der Waals surface area contributed by atoms with Crippen molar-refractivity contribution in [2.45, 2.75) is 6.92 Å². The molecule has 1 fully saturated rings. The van der Waals surface area contributed by atoms with Crippen molar-refractivity contribution in [1.29, 1.82) is 0 Å². The van der Waals surface area contributed by atoms with Gasteiger partial charge in [-0.1, -0.05) is 0 Å². The van der Waals surface area contributed by atoms with Gasteiger partial charge in [-0.15, -0.1) is 12.4 Å². The number of hydrogen-bond acceptors (Lipinski definition) is 4. The highest BCUT2D eigenvalue weighted by atomic mass is 35.5. The third kappa shape index (κ3) is 4.43. The van der Waals surface area contributed by atoms with Crippen molar-refractivity contribution in [3.63, 3.8) is 0 Å². The molecule has 0 radical (unpaired) electrons. The number of aromatic nitrogens is 1. The first-order valence-electron chi connectivity index (χ1n) is 7.73. The lowest BCUT2D eigenvalue weighted by atomic mass is 10.1. The number of carbonyl (C=O) groups is 1. The Morgan fingerprint density at radius 1 is 1.20 bits per heavy atom. The predicted octanol–water partition coefficient (Wildman–Crippen LogP) is 2.75. The summed E-state index contributed by atoms with van der Waals surface area (Å²) >= 11 is 0. The van der Waals surface area contributed by atoms with E-state index in [2.05, 4.69) is 20.5 Å². The van der Waals surface area contributed by atoms with Crippen LogP contribution in [0.1, 0.15) is 15.9 Å². The molecule has 0 spiro atoms. The molecule has 1 saturated heterocycles. The van der Waals surface area contributed by atoms with Crippen molar-refractivity contribution in [3.05, 3.63) is 53.2 Å². The Labute approximate surface area is 150 Å². The number of nitrogens with one attached hydrogen (secondary N) is 2. The number of nitrogens with zero attached hydrogens (tertiary/aromatic N) is 2. The van der Waals surface area contributed by atoms with Gasteiger partial charge in [-0.05, 0) is 30.7 Å². The molecule has 2 heterocycles. The number of benzene rings is 1. The van der Waals surface area contributed by atoms with E-state index in [1.54, 1.807) is 12.3 Å². The summed E-state index contributed by atoms with van der Waals surface area (Å²) in [6.07, 6.45) is 1.67. The van der Waals surface area contributed by atoms with Crippen LogP contribution in [-0.4, -0.2) is 37.1 Å². The highest BCUT2D eigenvalue weighted by Gasteiger charge is 2.16. The maximum Gasteiger partial charge on any atom is 0.259 e. The molecule has 1 aromatic heterocycles. The van der Waals surface area contributed by atoms with E-state index >= 15 is 0 Å². The highest BCUT2D eigenvalue weighted by Crippen LogP contribution is 2.18. The molecule has 0 unspecified atom stereocenters. The standard InChI is InChI=1S/C17H18F2N4O.ClH/c1-11-8-13(15(19)9-14(11)18)17(24)22-16-3-2-12(10-21-16)23-6-4-20-5-7-23;/h2-3,8-10,20H,4-7H2,1H3,(H,21,22,24);1H. The Bertz CT molecular complexity index is 749. The molecule has 0 aliphatic carbocycles. The second-order valence-electron chi connectivity index (χ2n) is 5.67. The van der Waals surface area contributed by atoms with Crippen LogP contribution in [0.2, 0.25) is 0 Å². The molecule has 1 aliphatic heterocycles. The van der Waals surface area contributed by atoms with Gasteiger partial charge in [0.05, 0.1) is 17.4 Å². The maximum atomic E-state index is 13.8. The lowest BCUT2D eigenvalue weighted by molar-refractivity contribution is 0.102. The zero-order valence-corrected chi connectivity index (χ0v) is 14.5. The maximum absolute atomic E-state index is 13.8. The summed E-state index contributed by atoms with van der Waals surface area (Å²) in [4.78, 5) is 18.5. The number of hydrogen-bond donors (Lipinski definition) is 2. The van der Waals surface area contributed by atoms with Crippen LogP contribution < -0.4 is 15.5 Å². The fraction of sp³-hybridized carbons (Fsp3) is 0.294. The second kappa shape index (κ2) is 8.22. The number of piperazine rings is 1. The highest BCUT2D eigenvalue weighted by molar-refractivity contribution is 6.04. The van der Waals surface area contributed by atoms with E-state index in [0.29, 0.717) is 11.9 Å². The Morgan fingerprint density at radius 3 is 2.56 bits per heavy atom. The Hall–Kier alpha value is -2.25. The van der Waals surface area contributed by atoms with E-state index < -0.39 is 17.5 Å². The lowest BCUT2D eigenvalue weighted by Gasteiger charge is -2.29. The molecular formula is C17H19ClF2N4O. The number of amides is 1. The van der Waals surface area contributed by atoms with Gasteiger partial charge in [-0.25, -0.2) is 13.8 Å². The summed E-state index contributed by atoms with van der Waals surface area (Å²) in [5, 5.41) is 5.81. The first-order chi connectivity index (χ1) is 11.5. The number of halogens is 3. The van der Waals surface area contributed by atoms with Crippen molar-refractivity contribution in [1.82, 2.24) is 10.3 Å². The normalized spacial score (nSPS) is 14.0. The van der Waals surface area contributed by atoms with Crippen molar-refractivity contribution in [2.24, 2.45) is 0 Å². The van der Waals surface area contributed by atoms with Gasteiger partial charge in [0.1, 0.15) is 17.5 Å². The quantitative estimate of drug-likeness (QED) is 0.874. The largest absolute Gasteiger partial charge is 0.368 e. The van der Waals surface area contributed by atoms with Crippen LogP contribution in [0.3, 0.4) is 0 Å². The minimum absolute atomic E-state index is 0. The molecule has 5 nitrogen and oxygen atoms in total. The van der Waals surface area contributed by atoms with Gasteiger partial charge in [0.2, 0.25) is 0 Å². The summed E-state index contributed by atoms with van der Waals surface area (Å²) in [6, 6.07) is 5.43. The van der Waals surface area contributed by atoms with E-state index in [9.17, 15) is 13.6 Å². The summed E-state index contributed by atoms with van der Waals surface area (Å²) in [5.74, 6) is -1.91. The number of rotatable bonds is 3. The topological polar surface area (TPSA) is 57.3 Å². The van der Waals surface area contributed by atoms with Crippen LogP contribution in [0.4, 0.5) is 20.3 Å². The van der Waals surface area contributed by atoms with Crippen LogP contribution in [0, 0.1) is 18.6 Å². The molecule has 3 rings (SSSR count). The number of pyridine rings is 1. The molecule has 8 heteroatoms. The van der Waals surface area contributed by atoms with Crippen LogP contribution in [0.5, 0.6) is 0 Å². The molecule has 134 valence electrons. The molecule has 2 aromatic rings. The van der Waals surface area contributed by atoms with Crippen LogP contribution in [0.25, 0.3) is 0 Å². The summed E-state index contributed by atoms with van der Waals surface area (Å²) in [6.45, 7) is 5.11. The number of carbonyl (C=O) groups excluding carboxylic acids is 1. The number of anilines is 2. The third-order valence-corrected chi connectivity index (χ3v) is 3.96. The molecule has 25 heavy (non-hydrogen) atoms. The van der Waals surface area contributed by atoms with E-state index in [4.69, 9.17) is 0 Å². The van der Waals surface area contributed by atoms with Crippen molar-refractivity contribution < 1.29 is 13.6 Å². The van der Waals surface area contributed by atoms with Crippen LogP contribution in [-0.2, 0) is 0 Å². The lowest BCUT2D eigenvalue weighted by Crippen LogP contribution is -2.43. The molecule has 0 atom stereocenters. The van der Waals surface area contributed by atoms with Gasteiger partial charge < -0.3 is 15.5 Å². The summed E-state index contributed by atoms with van der Waals surface area (Å²) < 4.78 is 27.0. The van der Waals surface area contributed by atoms with Gasteiger partial charge in [-0.3, -0.25) is 4.79 Å². The zero-order valence-electron chi connectivity index (χ0n) is 13.7. The summed E-state index contributed by atoms with van der Waals surface area (Å²) in [5.41, 5.74) is 0.976. The van der Waals surface area contributed by atoms with Gasteiger partial charge in [0.25, 0.3) is 5.91 Å². The van der Waals surface area contributed by atoms with Gasteiger partial charge >= 0.3 is 0 Å². The smallest absolute Gasteiger partial charge is 0.259 e. The third-order valence-electron chi connectivity index (χ3n) is 3.96. The minimum atomic E-state index is -0.895. The zero-order chi connectivity index (χ0) is 17.1. The molecular weight excluding hydrogens is 350 g/mol. The summed E-state index contributed by atoms with van der Waals surface area (Å²) in [7, 11) is 0. The SMILES string of the molecule is Cc1cc(C(=O)Nc2ccc(N3CCNCC3)cn2)c(F)cc1F.Cl. The van der Waals surface area contributed by atoms with E-state index in [0.717, 1.165) is 31.9 Å². The van der Waals surface area contributed by atoms with Gasteiger partial charge in [-0.2, -0.15) is 0 Å². The van der Waals surface area contributed by atoms with Gasteiger partial charge in [0, 0.05) is 32.2 Å². The van der Waals surface area contributed by atoms with Crippen molar-refractivity contribution in [2.75, 3.05) is 36.4 Å². The first-order valence-corrected chi connectivity index (χ1v) is 7.73. The average molecular weight is 369 g/mol. The minimum Gasteiger partial charge on any atom is -0.368 e. The fourth-order valence-electron chi connectivity index (χ4n) is 2.58. The Morgan fingerprint density at radius 2 is 1.92 bits per heavy atom. The first kappa shape index (κ1) is 19.1. The van der Waals surface area contributed by atoms with E-state index in [1.807, 2.05) is 6.07 Å². The molecule has 0 saturated carbocycles. The molecule has 1 amide bonds. The van der Waals surface area contributed by atoms with Crippen LogP contribution in [0.15, 0.2) is 30.5 Å². The van der Waals surface area contributed by atoms with Gasteiger partial charge in [0.15, 0.2) is 0 Å². The predicted molar refractivity (Wildman–Crippen MR) is 95.6 cm³/mol. The molecule has 2 N–H and O–H groups in total. The molecule has 1 aromatic carbocycles. The van der Waals surface area contributed by atoms with E-state index in [1.165, 1.54) is 13.0 Å². The second-order valence-corrected chi connectivity index (χ2v) is 5.67. The average Bonchev–Trinajstić information content (AvgIpc) is 2.59. The Balaban J connectivity index is 0.00000225.